The number of benzene rings is 4. The van der Waals surface area contributed by atoms with E-state index in [2.05, 4.69) is 23.7 Å². The summed E-state index contributed by atoms with van der Waals surface area (Å²) in [6.45, 7) is 12.9. The number of aromatic nitrogens is 1. The molecule has 1 amide bonds. The third-order valence-corrected chi connectivity index (χ3v) is 7.82. The molecule has 2 N–H and O–H groups in total. The van der Waals surface area contributed by atoms with Crippen molar-refractivity contribution < 1.29 is 19.4 Å². The topological polar surface area (TPSA) is 80.6 Å². The van der Waals surface area contributed by atoms with Gasteiger partial charge in [-0.15, -0.1) is 0 Å². The van der Waals surface area contributed by atoms with Gasteiger partial charge in [0.2, 0.25) is 0 Å². The molecule has 0 aliphatic heterocycles. The number of ether oxygens (including phenoxy) is 1. The minimum absolute atomic E-state index is 0.119. The van der Waals surface area contributed by atoms with Gasteiger partial charge in [-0.25, -0.2) is 4.79 Å². The van der Waals surface area contributed by atoms with Crippen molar-refractivity contribution >= 4 is 22.8 Å². The number of rotatable bonds is 8. The van der Waals surface area contributed by atoms with Crippen molar-refractivity contribution in [1.82, 2.24) is 9.88 Å². The summed E-state index contributed by atoms with van der Waals surface area (Å²) in [7, 11) is 0. The summed E-state index contributed by atoms with van der Waals surface area (Å²) in [6.07, 6.45) is 0. The monoisotopic (exact) mass is 574 g/mol. The van der Waals surface area contributed by atoms with Crippen LogP contribution in [0.15, 0.2) is 91.0 Å². The van der Waals surface area contributed by atoms with E-state index in [1.807, 2.05) is 107 Å². The molecule has 43 heavy (non-hydrogen) atoms. The number of nitrogens with zero attached hydrogens (tertiary/aromatic N) is 1. The standard InChI is InChI=1S/C37H38N2O4/c1-23-25(3)39(22-26-11-13-28(14-12-26)31-9-7-8-10-32(31)36(41)42)34-20-17-29(21-33(23)34)35(40)38-24(2)27-15-18-30(19-16-27)43-37(4,5)6/h7-21,24H,22H2,1-6H3,(H,38,40)(H,41,42). The summed E-state index contributed by atoms with van der Waals surface area (Å²) in [6, 6.07) is 28.6. The minimum atomic E-state index is -0.938. The quantitative estimate of drug-likeness (QED) is 0.195. The van der Waals surface area contributed by atoms with Gasteiger partial charge in [0.15, 0.2) is 0 Å². The van der Waals surface area contributed by atoms with Crippen LogP contribution in [0.2, 0.25) is 0 Å². The van der Waals surface area contributed by atoms with Crippen molar-refractivity contribution in [3.8, 4) is 16.9 Å². The lowest BCUT2D eigenvalue weighted by atomic mass is 9.99. The van der Waals surface area contributed by atoms with Gasteiger partial charge in [-0.2, -0.15) is 0 Å². The smallest absolute Gasteiger partial charge is 0.336 e. The number of hydrogen-bond donors (Lipinski definition) is 2. The average molecular weight is 575 g/mol. The molecule has 0 radical (unpaired) electrons. The molecule has 5 rings (SSSR count). The second kappa shape index (κ2) is 11.8. The summed E-state index contributed by atoms with van der Waals surface area (Å²) in [5.41, 5.74) is 7.66. The van der Waals surface area contributed by atoms with Crippen molar-refractivity contribution in [2.45, 2.75) is 59.7 Å². The predicted octanol–water partition coefficient (Wildman–Crippen LogP) is 8.34. The molecule has 1 heterocycles. The second-order valence-electron chi connectivity index (χ2n) is 12.1. The summed E-state index contributed by atoms with van der Waals surface area (Å²) in [5, 5.41) is 13.7. The third kappa shape index (κ3) is 6.49. The number of carboxylic acid groups (broad SMARTS) is 1. The molecular formula is C37H38N2O4. The molecule has 5 aromatic rings. The molecule has 6 heteroatoms. The van der Waals surface area contributed by atoms with Crippen LogP contribution in [-0.2, 0) is 6.54 Å². The van der Waals surface area contributed by atoms with Crippen molar-refractivity contribution in [3.63, 3.8) is 0 Å². The maximum Gasteiger partial charge on any atom is 0.336 e. The highest BCUT2D eigenvalue weighted by Gasteiger charge is 2.18. The fraction of sp³-hybridized carbons (Fsp3) is 0.243. The van der Waals surface area contributed by atoms with Crippen LogP contribution < -0.4 is 10.1 Å². The average Bonchev–Trinajstić information content (AvgIpc) is 3.21. The number of hydrogen-bond acceptors (Lipinski definition) is 3. The fourth-order valence-corrected chi connectivity index (χ4v) is 5.43. The van der Waals surface area contributed by atoms with E-state index >= 15 is 0 Å². The number of amides is 1. The van der Waals surface area contributed by atoms with Crippen molar-refractivity contribution in [1.29, 1.82) is 0 Å². The normalized spacial score (nSPS) is 12.2. The van der Waals surface area contributed by atoms with Crippen LogP contribution in [0, 0.1) is 13.8 Å². The molecule has 0 spiro atoms. The lowest BCUT2D eigenvalue weighted by molar-refractivity contribution is 0.0697. The van der Waals surface area contributed by atoms with Gasteiger partial charge >= 0.3 is 5.97 Å². The van der Waals surface area contributed by atoms with Crippen LogP contribution in [0.3, 0.4) is 0 Å². The molecule has 1 atom stereocenters. The summed E-state index contributed by atoms with van der Waals surface area (Å²) in [5.74, 6) is -0.256. The van der Waals surface area contributed by atoms with Gasteiger partial charge in [0, 0.05) is 28.7 Å². The van der Waals surface area contributed by atoms with E-state index in [1.54, 1.807) is 12.1 Å². The Morgan fingerprint density at radius 1 is 0.907 bits per heavy atom. The Hall–Kier alpha value is -4.84. The lowest BCUT2D eigenvalue weighted by Crippen LogP contribution is -2.26. The van der Waals surface area contributed by atoms with Crippen LogP contribution >= 0.6 is 0 Å². The van der Waals surface area contributed by atoms with E-state index in [-0.39, 0.29) is 23.1 Å². The molecule has 6 nitrogen and oxygen atoms in total. The number of carbonyl (C=O) groups is 2. The summed E-state index contributed by atoms with van der Waals surface area (Å²) in [4.78, 5) is 24.9. The Morgan fingerprint density at radius 2 is 1.58 bits per heavy atom. The highest BCUT2D eigenvalue weighted by Crippen LogP contribution is 2.29. The Labute approximate surface area is 252 Å². The third-order valence-electron chi connectivity index (χ3n) is 7.82. The van der Waals surface area contributed by atoms with Crippen LogP contribution in [0.1, 0.15) is 76.8 Å². The Kier molecular flexibility index (Phi) is 8.14. The number of aryl methyl sites for hydroxylation is 1. The summed E-state index contributed by atoms with van der Waals surface area (Å²) < 4.78 is 8.18. The molecule has 0 bridgehead atoms. The van der Waals surface area contributed by atoms with Gasteiger partial charge in [0.1, 0.15) is 11.4 Å². The van der Waals surface area contributed by atoms with Crippen LogP contribution in [-0.4, -0.2) is 27.2 Å². The van der Waals surface area contributed by atoms with E-state index in [9.17, 15) is 14.7 Å². The molecule has 0 saturated heterocycles. The molecular weight excluding hydrogens is 536 g/mol. The molecule has 4 aromatic carbocycles. The summed E-state index contributed by atoms with van der Waals surface area (Å²) >= 11 is 0. The van der Waals surface area contributed by atoms with E-state index in [0.29, 0.717) is 17.7 Å². The number of aromatic carboxylic acids is 1. The fourth-order valence-electron chi connectivity index (χ4n) is 5.43. The Balaban J connectivity index is 1.33. The number of carbonyl (C=O) groups excluding carboxylic acids is 1. The van der Waals surface area contributed by atoms with Gasteiger partial charge in [-0.1, -0.05) is 54.6 Å². The van der Waals surface area contributed by atoms with Gasteiger partial charge in [-0.3, -0.25) is 4.79 Å². The first-order chi connectivity index (χ1) is 20.4. The van der Waals surface area contributed by atoms with E-state index in [4.69, 9.17) is 4.74 Å². The van der Waals surface area contributed by atoms with Crippen LogP contribution in [0.25, 0.3) is 22.0 Å². The first-order valence-corrected chi connectivity index (χ1v) is 14.5. The van der Waals surface area contributed by atoms with Crippen LogP contribution in [0.4, 0.5) is 0 Å². The number of nitrogens with one attached hydrogen (secondary N) is 1. The lowest BCUT2D eigenvalue weighted by Gasteiger charge is -2.22. The van der Waals surface area contributed by atoms with Crippen molar-refractivity contribution in [2.75, 3.05) is 0 Å². The molecule has 0 fully saturated rings. The Morgan fingerprint density at radius 3 is 2.23 bits per heavy atom. The Bertz CT molecular complexity index is 1790. The highest BCUT2D eigenvalue weighted by atomic mass is 16.5. The largest absolute Gasteiger partial charge is 0.488 e. The maximum absolute atomic E-state index is 13.3. The highest BCUT2D eigenvalue weighted by molar-refractivity contribution is 5.99. The molecule has 0 aliphatic rings. The van der Waals surface area contributed by atoms with Crippen molar-refractivity contribution in [3.05, 3.63) is 125 Å². The molecule has 0 saturated carbocycles. The maximum atomic E-state index is 13.3. The first kappa shape index (κ1) is 29.6. The zero-order chi connectivity index (χ0) is 30.9. The predicted molar refractivity (Wildman–Crippen MR) is 172 cm³/mol. The molecule has 1 aromatic heterocycles. The SMILES string of the molecule is Cc1c(C)n(Cc2ccc(-c3ccccc3C(=O)O)cc2)c2ccc(C(=O)NC(C)c3ccc(OC(C)(C)C)cc3)cc12. The van der Waals surface area contributed by atoms with E-state index in [1.165, 1.54) is 0 Å². The van der Waals surface area contributed by atoms with Crippen molar-refractivity contribution in [2.24, 2.45) is 0 Å². The number of carboxylic acids is 1. The zero-order valence-corrected chi connectivity index (χ0v) is 25.6. The van der Waals surface area contributed by atoms with Gasteiger partial charge in [0.25, 0.3) is 5.91 Å². The minimum Gasteiger partial charge on any atom is -0.488 e. The molecule has 1 unspecified atom stereocenters. The van der Waals surface area contributed by atoms with Crippen LogP contribution in [0.5, 0.6) is 5.75 Å². The second-order valence-corrected chi connectivity index (χ2v) is 12.1. The van der Waals surface area contributed by atoms with E-state index in [0.717, 1.165) is 44.6 Å². The molecule has 220 valence electrons. The first-order valence-electron chi connectivity index (χ1n) is 14.5. The van der Waals surface area contributed by atoms with Gasteiger partial charge < -0.3 is 19.7 Å². The molecule has 0 aliphatic carbocycles. The zero-order valence-electron chi connectivity index (χ0n) is 25.6. The van der Waals surface area contributed by atoms with Gasteiger partial charge in [0.05, 0.1) is 11.6 Å². The van der Waals surface area contributed by atoms with E-state index < -0.39 is 5.97 Å². The van der Waals surface area contributed by atoms with Gasteiger partial charge in [-0.05, 0) is 106 Å². The number of fused-ring (bicyclic) bond motifs is 1.